The predicted molar refractivity (Wildman–Crippen MR) is 91.8 cm³/mol. The summed E-state index contributed by atoms with van der Waals surface area (Å²) >= 11 is 5.98. The Morgan fingerprint density at radius 3 is 2.45 bits per heavy atom. The molecule has 1 aromatic carbocycles. The molecule has 2 aromatic rings. The lowest BCUT2D eigenvalue weighted by Gasteiger charge is -2.37. The highest BCUT2D eigenvalue weighted by molar-refractivity contribution is 6.32. The zero-order valence-electron chi connectivity index (χ0n) is 12.9. The molecule has 0 bridgehead atoms. The molecule has 1 aromatic heterocycles. The molecular formula is C16H20ClN5. The van der Waals surface area contributed by atoms with Gasteiger partial charge in [0, 0.05) is 31.9 Å². The molecule has 6 heteroatoms. The zero-order chi connectivity index (χ0) is 15.7. The number of nitrogen functional groups attached to an aromatic ring is 1. The number of hydrogen-bond acceptors (Lipinski definition) is 5. The van der Waals surface area contributed by atoms with Gasteiger partial charge in [-0.1, -0.05) is 23.7 Å². The number of anilines is 3. The summed E-state index contributed by atoms with van der Waals surface area (Å²) in [5.41, 5.74) is 10.4. The van der Waals surface area contributed by atoms with Crippen molar-refractivity contribution in [1.82, 2.24) is 9.97 Å². The second kappa shape index (κ2) is 6.01. The van der Waals surface area contributed by atoms with Gasteiger partial charge in [0.15, 0.2) is 11.0 Å². The topological polar surface area (TPSA) is 58.3 Å². The van der Waals surface area contributed by atoms with Crippen molar-refractivity contribution in [3.63, 3.8) is 0 Å². The van der Waals surface area contributed by atoms with Gasteiger partial charge in [-0.2, -0.15) is 0 Å². The van der Waals surface area contributed by atoms with Crippen molar-refractivity contribution >= 4 is 28.8 Å². The Labute approximate surface area is 135 Å². The average molecular weight is 318 g/mol. The minimum Gasteiger partial charge on any atom is -0.393 e. The lowest BCUT2D eigenvalue weighted by atomic mass is 10.1. The average Bonchev–Trinajstić information content (AvgIpc) is 2.53. The van der Waals surface area contributed by atoms with Crippen LogP contribution in [0.25, 0.3) is 0 Å². The highest BCUT2D eigenvalue weighted by atomic mass is 35.5. The fourth-order valence-corrected chi connectivity index (χ4v) is 2.98. The maximum absolute atomic E-state index is 5.99. The Morgan fingerprint density at radius 2 is 1.73 bits per heavy atom. The number of hydrogen-bond donors (Lipinski definition) is 1. The highest BCUT2D eigenvalue weighted by Crippen LogP contribution is 2.28. The Hall–Kier alpha value is -2.01. The van der Waals surface area contributed by atoms with Gasteiger partial charge in [-0.3, -0.25) is 0 Å². The molecule has 2 N–H and O–H groups in total. The first-order chi connectivity index (χ1) is 10.6. The molecule has 0 atom stereocenters. The van der Waals surface area contributed by atoms with E-state index in [9.17, 15) is 0 Å². The summed E-state index contributed by atoms with van der Waals surface area (Å²) in [5, 5.41) is 0.321. The molecule has 2 heterocycles. The minimum absolute atomic E-state index is 0.321. The fourth-order valence-electron chi connectivity index (χ4n) is 2.85. The monoisotopic (exact) mass is 317 g/mol. The summed E-state index contributed by atoms with van der Waals surface area (Å²) in [6.07, 6.45) is 1.46. The lowest BCUT2D eigenvalue weighted by molar-refractivity contribution is 0.646. The van der Waals surface area contributed by atoms with Crippen molar-refractivity contribution in [3.05, 3.63) is 40.8 Å². The zero-order valence-corrected chi connectivity index (χ0v) is 13.6. The van der Waals surface area contributed by atoms with E-state index in [0.717, 1.165) is 32.0 Å². The van der Waals surface area contributed by atoms with Gasteiger partial charge in [-0.25, -0.2) is 9.97 Å². The molecule has 0 spiro atoms. The van der Waals surface area contributed by atoms with Crippen LogP contribution in [0.15, 0.2) is 24.5 Å². The SMILES string of the molecule is Cc1cccc(N2CCN(c3ncnc(Cl)c3N)CC2)c1C. The number of aromatic nitrogens is 2. The molecule has 0 aliphatic carbocycles. The molecule has 5 nitrogen and oxygen atoms in total. The summed E-state index contributed by atoms with van der Waals surface area (Å²) in [6, 6.07) is 6.46. The Balaban J connectivity index is 1.75. The van der Waals surface area contributed by atoms with Crippen LogP contribution < -0.4 is 15.5 Å². The third-order valence-electron chi connectivity index (χ3n) is 4.31. The van der Waals surface area contributed by atoms with E-state index >= 15 is 0 Å². The van der Waals surface area contributed by atoms with Gasteiger partial charge in [-0.15, -0.1) is 0 Å². The number of halogens is 1. The molecule has 1 aliphatic heterocycles. The van der Waals surface area contributed by atoms with Gasteiger partial charge in [0.1, 0.15) is 12.0 Å². The van der Waals surface area contributed by atoms with Crippen LogP contribution in [0.1, 0.15) is 11.1 Å². The number of rotatable bonds is 2. The summed E-state index contributed by atoms with van der Waals surface area (Å²) in [6.45, 7) is 7.93. The number of benzene rings is 1. The van der Waals surface area contributed by atoms with Crippen LogP contribution in [-0.2, 0) is 0 Å². The number of nitrogens with zero attached hydrogens (tertiary/aromatic N) is 4. The van der Waals surface area contributed by atoms with Crippen molar-refractivity contribution in [2.45, 2.75) is 13.8 Å². The van der Waals surface area contributed by atoms with Gasteiger partial charge >= 0.3 is 0 Å². The lowest BCUT2D eigenvalue weighted by Crippen LogP contribution is -2.47. The molecule has 0 amide bonds. The van der Waals surface area contributed by atoms with Crippen LogP contribution in [0, 0.1) is 13.8 Å². The molecule has 0 radical (unpaired) electrons. The van der Waals surface area contributed by atoms with E-state index in [1.165, 1.54) is 23.1 Å². The van der Waals surface area contributed by atoms with Crippen LogP contribution in [0.2, 0.25) is 5.15 Å². The van der Waals surface area contributed by atoms with Gasteiger partial charge in [0.2, 0.25) is 0 Å². The van der Waals surface area contributed by atoms with E-state index < -0.39 is 0 Å². The van der Waals surface area contributed by atoms with Gasteiger partial charge in [0.25, 0.3) is 0 Å². The van der Waals surface area contributed by atoms with E-state index in [1.54, 1.807) is 0 Å². The van der Waals surface area contributed by atoms with Crippen molar-refractivity contribution in [2.24, 2.45) is 0 Å². The van der Waals surface area contributed by atoms with E-state index in [1.807, 2.05) is 0 Å². The molecule has 3 rings (SSSR count). The van der Waals surface area contributed by atoms with Gasteiger partial charge in [0.05, 0.1) is 0 Å². The molecular weight excluding hydrogens is 298 g/mol. The first-order valence-electron chi connectivity index (χ1n) is 7.40. The third kappa shape index (κ3) is 2.68. The molecule has 0 unspecified atom stereocenters. The summed E-state index contributed by atoms with van der Waals surface area (Å²) in [5.74, 6) is 0.737. The smallest absolute Gasteiger partial charge is 0.157 e. The molecule has 1 aliphatic rings. The van der Waals surface area contributed by atoms with E-state index in [-0.39, 0.29) is 0 Å². The van der Waals surface area contributed by atoms with Crippen LogP contribution in [0.3, 0.4) is 0 Å². The minimum atomic E-state index is 0.321. The maximum atomic E-state index is 5.99. The molecule has 116 valence electrons. The Bertz CT molecular complexity index is 621. The van der Waals surface area contributed by atoms with Crippen molar-refractivity contribution in [1.29, 1.82) is 0 Å². The van der Waals surface area contributed by atoms with Gasteiger partial charge in [-0.05, 0) is 31.0 Å². The second-order valence-electron chi connectivity index (χ2n) is 5.59. The Morgan fingerprint density at radius 1 is 1.05 bits per heavy atom. The quantitative estimate of drug-likeness (QED) is 0.863. The number of aryl methyl sites for hydroxylation is 1. The summed E-state index contributed by atoms with van der Waals surface area (Å²) < 4.78 is 0. The third-order valence-corrected chi connectivity index (χ3v) is 4.61. The maximum Gasteiger partial charge on any atom is 0.157 e. The predicted octanol–water partition coefficient (Wildman–Crippen LogP) is 2.66. The first-order valence-corrected chi connectivity index (χ1v) is 7.78. The molecule has 0 saturated carbocycles. The number of piperazine rings is 1. The van der Waals surface area contributed by atoms with Crippen molar-refractivity contribution in [3.8, 4) is 0 Å². The van der Waals surface area contributed by atoms with Crippen LogP contribution >= 0.6 is 11.6 Å². The number of nitrogens with two attached hydrogens (primary N) is 1. The fraction of sp³-hybridized carbons (Fsp3) is 0.375. The Kier molecular flexibility index (Phi) is 4.07. The van der Waals surface area contributed by atoms with Crippen molar-refractivity contribution in [2.75, 3.05) is 41.7 Å². The van der Waals surface area contributed by atoms with Crippen molar-refractivity contribution < 1.29 is 0 Å². The first kappa shape index (κ1) is 14.9. The standard InChI is InChI=1S/C16H20ClN5/c1-11-4-3-5-13(12(11)2)21-6-8-22(9-7-21)16-14(18)15(17)19-10-20-16/h3-5,10H,6-9,18H2,1-2H3. The van der Waals surface area contributed by atoms with E-state index in [4.69, 9.17) is 17.3 Å². The van der Waals surface area contributed by atoms with E-state index in [0.29, 0.717) is 10.8 Å². The molecule has 1 saturated heterocycles. The normalized spacial score (nSPS) is 15.2. The largest absolute Gasteiger partial charge is 0.393 e. The van der Waals surface area contributed by atoms with Crippen LogP contribution in [0.5, 0.6) is 0 Å². The van der Waals surface area contributed by atoms with Gasteiger partial charge < -0.3 is 15.5 Å². The highest BCUT2D eigenvalue weighted by Gasteiger charge is 2.22. The summed E-state index contributed by atoms with van der Waals surface area (Å²) in [4.78, 5) is 12.8. The van der Waals surface area contributed by atoms with E-state index in [2.05, 4.69) is 51.8 Å². The molecule has 22 heavy (non-hydrogen) atoms. The van der Waals surface area contributed by atoms with Crippen LogP contribution in [-0.4, -0.2) is 36.1 Å². The molecule has 1 fully saturated rings. The van der Waals surface area contributed by atoms with Crippen LogP contribution in [0.4, 0.5) is 17.2 Å². The summed E-state index contributed by atoms with van der Waals surface area (Å²) in [7, 11) is 0. The second-order valence-corrected chi connectivity index (χ2v) is 5.95.